The van der Waals surface area contributed by atoms with Crippen LogP contribution in [0.1, 0.15) is 13.8 Å². The quantitative estimate of drug-likeness (QED) is 0.468. The number of hydrazine groups is 1. The van der Waals surface area contributed by atoms with Crippen molar-refractivity contribution in [1.29, 1.82) is 0 Å². The van der Waals surface area contributed by atoms with Crippen LogP contribution in [-0.2, 0) is 0 Å². The van der Waals surface area contributed by atoms with E-state index < -0.39 is 0 Å². The second-order valence-corrected chi connectivity index (χ2v) is 1.55. The van der Waals surface area contributed by atoms with E-state index in [4.69, 9.17) is 0 Å². The maximum Gasteiger partial charge on any atom is 0.0156 e. The van der Waals surface area contributed by atoms with E-state index in [0.29, 0.717) is 6.04 Å². The molecule has 0 atom stereocenters. The second kappa shape index (κ2) is 3.12. The Bertz CT molecular complexity index is 26.7. The Hall–Kier alpha value is -0.0800. The van der Waals surface area contributed by atoms with Gasteiger partial charge in [0.25, 0.3) is 0 Å². The van der Waals surface area contributed by atoms with Crippen molar-refractivity contribution < 1.29 is 0 Å². The summed E-state index contributed by atoms with van der Waals surface area (Å²) in [5.41, 5.74) is 5.78. The summed E-state index contributed by atoms with van der Waals surface area (Å²) in [5.74, 6) is 0. The molecule has 2 heteroatoms. The molecular weight excluding hydrogens is 76.1 g/mol. The van der Waals surface area contributed by atoms with Gasteiger partial charge in [-0.1, -0.05) is 0 Å². The smallest absolute Gasteiger partial charge is 0.0156 e. The highest BCUT2D eigenvalue weighted by Crippen LogP contribution is 1.66. The van der Waals surface area contributed by atoms with Crippen molar-refractivity contribution >= 4 is 0 Å². The number of rotatable bonds is 2. The monoisotopic (exact) mass is 88.1 g/mol. The molecule has 0 rings (SSSR count). The van der Waals surface area contributed by atoms with Crippen LogP contribution in [0.5, 0.6) is 0 Å². The normalized spacial score (nSPS) is 10.0. The zero-order valence-electron chi connectivity index (χ0n) is 4.58. The molecule has 0 fully saturated rings. The zero-order chi connectivity index (χ0) is 4.99. The summed E-state index contributed by atoms with van der Waals surface area (Å²) in [6.45, 7) is 4.16. The third-order valence-corrected chi connectivity index (χ3v) is 0.433. The van der Waals surface area contributed by atoms with Crippen molar-refractivity contribution in [2.45, 2.75) is 19.9 Å². The molecule has 0 saturated carbocycles. The van der Waals surface area contributed by atoms with Crippen LogP contribution in [0.15, 0.2) is 0 Å². The SMILES string of the molecule is CNNC(C)C. The van der Waals surface area contributed by atoms with Crippen LogP contribution >= 0.6 is 0 Å². The predicted octanol–water partition coefficient (Wildman–Crippen LogP) is 0.119. The Labute approximate surface area is 38.9 Å². The zero-order valence-corrected chi connectivity index (χ0v) is 4.58. The minimum atomic E-state index is 0.537. The lowest BCUT2D eigenvalue weighted by molar-refractivity contribution is 0.518. The number of nitrogens with one attached hydrogen (secondary N) is 2. The van der Waals surface area contributed by atoms with Gasteiger partial charge in [-0.15, -0.1) is 0 Å². The molecular formula is C4H12N2. The summed E-state index contributed by atoms with van der Waals surface area (Å²) in [5, 5.41) is 0. The van der Waals surface area contributed by atoms with Gasteiger partial charge in [0.2, 0.25) is 0 Å². The average molecular weight is 88.2 g/mol. The van der Waals surface area contributed by atoms with Gasteiger partial charge in [-0.05, 0) is 20.9 Å². The van der Waals surface area contributed by atoms with Crippen LogP contribution in [0.2, 0.25) is 0 Å². The van der Waals surface area contributed by atoms with E-state index >= 15 is 0 Å². The molecule has 0 aliphatic carbocycles. The Morgan fingerprint density at radius 3 is 1.83 bits per heavy atom. The van der Waals surface area contributed by atoms with Gasteiger partial charge in [-0.2, -0.15) is 0 Å². The first kappa shape index (κ1) is 5.92. The topological polar surface area (TPSA) is 24.1 Å². The molecule has 0 amide bonds. The molecule has 0 bridgehead atoms. The predicted molar refractivity (Wildman–Crippen MR) is 27.3 cm³/mol. The van der Waals surface area contributed by atoms with Gasteiger partial charge >= 0.3 is 0 Å². The molecule has 0 unspecified atom stereocenters. The largest absolute Gasteiger partial charge is 0.261 e. The van der Waals surface area contributed by atoms with Gasteiger partial charge in [-0.25, -0.2) is 0 Å². The van der Waals surface area contributed by atoms with E-state index in [-0.39, 0.29) is 0 Å². The summed E-state index contributed by atoms with van der Waals surface area (Å²) in [6.07, 6.45) is 0. The minimum Gasteiger partial charge on any atom is -0.261 e. The molecule has 0 aromatic heterocycles. The van der Waals surface area contributed by atoms with Gasteiger partial charge in [0, 0.05) is 6.04 Å². The standard InChI is InChI=1S/C4H12N2/c1-4(2)6-5-3/h4-6H,1-3H3. The lowest BCUT2D eigenvalue weighted by atomic mass is 10.4. The number of hydrogen-bond acceptors (Lipinski definition) is 2. The molecule has 0 heterocycles. The van der Waals surface area contributed by atoms with Crippen molar-refractivity contribution in [3.05, 3.63) is 0 Å². The molecule has 0 aliphatic heterocycles. The van der Waals surface area contributed by atoms with Crippen LogP contribution in [0, 0.1) is 0 Å². The van der Waals surface area contributed by atoms with E-state index in [1.165, 1.54) is 0 Å². The molecule has 0 saturated heterocycles. The molecule has 6 heavy (non-hydrogen) atoms. The summed E-state index contributed by atoms with van der Waals surface area (Å²) < 4.78 is 0. The molecule has 0 aromatic rings. The highest BCUT2D eigenvalue weighted by molar-refractivity contribution is 4.41. The summed E-state index contributed by atoms with van der Waals surface area (Å²) in [7, 11) is 1.86. The van der Waals surface area contributed by atoms with Crippen molar-refractivity contribution in [1.82, 2.24) is 10.9 Å². The van der Waals surface area contributed by atoms with E-state index in [2.05, 4.69) is 24.7 Å². The van der Waals surface area contributed by atoms with Crippen molar-refractivity contribution in [2.75, 3.05) is 7.05 Å². The first-order chi connectivity index (χ1) is 2.77. The molecule has 0 aliphatic rings. The second-order valence-electron chi connectivity index (χ2n) is 1.55. The van der Waals surface area contributed by atoms with Gasteiger partial charge in [-0.3, -0.25) is 10.9 Å². The van der Waals surface area contributed by atoms with Crippen molar-refractivity contribution in [3.8, 4) is 0 Å². The van der Waals surface area contributed by atoms with Gasteiger partial charge in [0.15, 0.2) is 0 Å². The van der Waals surface area contributed by atoms with E-state index in [0.717, 1.165) is 0 Å². The average Bonchev–Trinajstić information content (AvgIpc) is 1.35. The maximum absolute atomic E-state index is 2.96. The van der Waals surface area contributed by atoms with Crippen LogP contribution in [0.3, 0.4) is 0 Å². The van der Waals surface area contributed by atoms with Crippen LogP contribution < -0.4 is 10.9 Å². The fourth-order valence-electron chi connectivity index (χ4n) is 0.289. The van der Waals surface area contributed by atoms with E-state index in [1.807, 2.05) is 7.05 Å². The van der Waals surface area contributed by atoms with Gasteiger partial charge in [0.05, 0.1) is 0 Å². The Morgan fingerprint density at radius 2 is 1.83 bits per heavy atom. The van der Waals surface area contributed by atoms with Crippen LogP contribution in [0.4, 0.5) is 0 Å². The molecule has 0 radical (unpaired) electrons. The Kier molecular flexibility index (Phi) is 3.08. The lowest BCUT2D eigenvalue weighted by Crippen LogP contribution is -2.33. The molecule has 38 valence electrons. The highest BCUT2D eigenvalue weighted by atomic mass is 15.3. The molecule has 0 spiro atoms. The maximum atomic E-state index is 2.96. The highest BCUT2D eigenvalue weighted by Gasteiger charge is 1.81. The summed E-state index contributed by atoms with van der Waals surface area (Å²) in [4.78, 5) is 0. The lowest BCUT2D eigenvalue weighted by Gasteiger charge is -2.02. The first-order valence-electron chi connectivity index (χ1n) is 2.19. The van der Waals surface area contributed by atoms with Gasteiger partial charge < -0.3 is 0 Å². The Morgan fingerprint density at radius 1 is 1.33 bits per heavy atom. The van der Waals surface area contributed by atoms with Crippen LogP contribution in [-0.4, -0.2) is 13.1 Å². The van der Waals surface area contributed by atoms with E-state index in [9.17, 15) is 0 Å². The summed E-state index contributed by atoms with van der Waals surface area (Å²) in [6, 6.07) is 0.537. The fourth-order valence-corrected chi connectivity index (χ4v) is 0.289. The minimum absolute atomic E-state index is 0.537. The van der Waals surface area contributed by atoms with Crippen LogP contribution in [0.25, 0.3) is 0 Å². The Balaban J connectivity index is 2.63. The summed E-state index contributed by atoms with van der Waals surface area (Å²) >= 11 is 0. The van der Waals surface area contributed by atoms with Crippen molar-refractivity contribution in [3.63, 3.8) is 0 Å². The van der Waals surface area contributed by atoms with E-state index in [1.54, 1.807) is 0 Å². The molecule has 0 aromatic carbocycles. The molecule has 2 N–H and O–H groups in total. The third-order valence-electron chi connectivity index (χ3n) is 0.433. The first-order valence-corrected chi connectivity index (χ1v) is 2.19. The number of hydrogen-bond donors (Lipinski definition) is 2. The molecule has 2 nitrogen and oxygen atoms in total. The van der Waals surface area contributed by atoms with Gasteiger partial charge in [0.1, 0.15) is 0 Å². The van der Waals surface area contributed by atoms with Crippen molar-refractivity contribution in [2.24, 2.45) is 0 Å². The third kappa shape index (κ3) is 3.92. The fraction of sp³-hybridized carbons (Fsp3) is 1.00.